The highest BCUT2D eigenvalue weighted by Crippen LogP contribution is 2.33. The largest absolute Gasteiger partial charge is 0.394 e. The number of rotatable bonds is 7. The van der Waals surface area contributed by atoms with Crippen molar-refractivity contribution >= 4 is 11.7 Å². The summed E-state index contributed by atoms with van der Waals surface area (Å²) in [5.74, 6) is 1.40. The lowest BCUT2D eigenvalue weighted by Crippen LogP contribution is -2.35. The number of aromatic nitrogens is 3. The molecule has 0 saturated heterocycles. The number of amides is 1. The minimum atomic E-state index is -0.541. The Morgan fingerprint density at radius 3 is 2.53 bits per heavy atom. The lowest BCUT2D eigenvalue weighted by atomic mass is 9.97. The monoisotopic (exact) mass is 433 g/mol. The molecule has 1 saturated carbocycles. The maximum atomic E-state index is 12.6. The van der Waals surface area contributed by atoms with E-state index >= 15 is 0 Å². The van der Waals surface area contributed by atoms with Gasteiger partial charge in [0, 0.05) is 42.3 Å². The molecule has 0 unspecified atom stereocenters. The number of nitrogens with one attached hydrogen (secondary N) is 2. The number of benzene rings is 1. The Kier molecular flexibility index (Phi) is 5.77. The first kappa shape index (κ1) is 22.0. The summed E-state index contributed by atoms with van der Waals surface area (Å²) < 4.78 is 2.02. The van der Waals surface area contributed by atoms with Crippen molar-refractivity contribution in [3.05, 3.63) is 53.5 Å². The van der Waals surface area contributed by atoms with E-state index in [2.05, 4.69) is 21.7 Å². The number of hydrogen-bond donors (Lipinski definition) is 3. The molecule has 1 aromatic carbocycles. The highest BCUT2D eigenvalue weighted by atomic mass is 16.3. The van der Waals surface area contributed by atoms with Crippen LogP contribution >= 0.6 is 0 Å². The number of aliphatic hydroxyl groups excluding tert-OH is 1. The molecule has 7 nitrogen and oxygen atoms in total. The molecule has 1 aliphatic rings. The van der Waals surface area contributed by atoms with E-state index in [-0.39, 0.29) is 12.5 Å². The van der Waals surface area contributed by atoms with Gasteiger partial charge in [-0.15, -0.1) is 0 Å². The summed E-state index contributed by atoms with van der Waals surface area (Å²) in [5.41, 5.74) is 4.91. The number of carbonyl (C=O) groups excluding carboxylic acids is 1. The van der Waals surface area contributed by atoms with Crippen molar-refractivity contribution in [2.75, 3.05) is 11.9 Å². The van der Waals surface area contributed by atoms with Crippen LogP contribution in [0.5, 0.6) is 0 Å². The molecule has 1 fully saturated rings. The summed E-state index contributed by atoms with van der Waals surface area (Å²) in [6.07, 6.45) is 5.75. The van der Waals surface area contributed by atoms with E-state index in [1.54, 1.807) is 6.20 Å². The first-order valence-corrected chi connectivity index (χ1v) is 11.0. The van der Waals surface area contributed by atoms with Crippen LogP contribution in [0.3, 0.4) is 0 Å². The van der Waals surface area contributed by atoms with E-state index in [9.17, 15) is 9.90 Å². The Labute approximate surface area is 188 Å². The molecular weight excluding hydrogens is 402 g/mol. The van der Waals surface area contributed by atoms with Gasteiger partial charge in [-0.3, -0.25) is 4.79 Å². The molecular formula is C25H31N5O2. The van der Waals surface area contributed by atoms with Crippen LogP contribution in [0.15, 0.2) is 36.7 Å². The molecule has 1 aliphatic carbocycles. The van der Waals surface area contributed by atoms with E-state index in [0.717, 1.165) is 46.6 Å². The lowest BCUT2D eigenvalue weighted by Gasteiger charge is -2.26. The van der Waals surface area contributed by atoms with Crippen LogP contribution in [-0.2, 0) is 7.05 Å². The second-order valence-corrected chi connectivity index (χ2v) is 9.35. The molecule has 1 amide bonds. The van der Waals surface area contributed by atoms with Gasteiger partial charge in [0.2, 0.25) is 0 Å². The first-order valence-electron chi connectivity index (χ1n) is 11.0. The van der Waals surface area contributed by atoms with Crippen molar-refractivity contribution in [1.29, 1.82) is 0 Å². The van der Waals surface area contributed by atoms with Crippen LogP contribution < -0.4 is 10.6 Å². The number of nitrogens with zero attached hydrogens (tertiary/aromatic N) is 3. The fourth-order valence-electron chi connectivity index (χ4n) is 3.56. The molecule has 4 rings (SSSR count). The third kappa shape index (κ3) is 4.53. The number of aliphatic hydroxyl groups is 1. The minimum absolute atomic E-state index is 0.0350. The standard InChI is InChI=1S/C25H31N5O2/c1-15-6-7-17(24(32)28-19-8-9-19)10-20(15)18-11-21(23-27-12-16(2)30(23)5)22(26-13-18)29-25(3,4)14-31/h6-7,10-13,19,31H,8-9,14H2,1-5H3,(H,26,29)(H,28,32). The normalized spacial score (nSPS) is 13.8. The Hall–Kier alpha value is -3.19. The van der Waals surface area contributed by atoms with E-state index in [1.807, 2.05) is 63.7 Å². The van der Waals surface area contributed by atoms with Crippen molar-refractivity contribution in [2.24, 2.45) is 7.05 Å². The quantitative estimate of drug-likeness (QED) is 0.527. The van der Waals surface area contributed by atoms with E-state index in [4.69, 9.17) is 4.98 Å². The van der Waals surface area contributed by atoms with Gasteiger partial charge in [0.05, 0.1) is 17.7 Å². The van der Waals surface area contributed by atoms with Crippen LogP contribution in [0.1, 0.15) is 48.3 Å². The van der Waals surface area contributed by atoms with Crippen LogP contribution in [0, 0.1) is 13.8 Å². The van der Waals surface area contributed by atoms with Crippen molar-refractivity contribution in [1.82, 2.24) is 19.9 Å². The maximum Gasteiger partial charge on any atom is 0.251 e. The fraction of sp³-hybridized carbons (Fsp3) is 0.400. The van der Waals surface area contributed by atoms with Crippen LogP contribution in [0.25, 0.3) is 22.5 Å². The minimum Gasteiger partial charge on any atom is -0.394 e. The molecule has 2 heterocycles. The van der Waals surface area contributed by atoms with Crippen LogP contribution in [-0.4, -0.2) is 43.7 Å². The maximum absolute atomic E-state index is 12.6. The summed E-state index contributed by atoms with van der Waals surface area (Å²) in [4.78, 5) is 21.9. The third-order valence-electron chi connectivity index (χ3n) is 5.92. The zero-order valence-corrected chi connectivity index (χ0v) is 19.4. The van der Waals surface area contributed by atoms with Gasteiger partial charge >= 0.3 is 0 Å². The van der Waals surface area contributed by atoms with Crippen molar-refractivity contribution in [3.8, 4) is 22.5 Å². The average Bonchev–Trinajstić information content (AvgIpc) is 3.52. The van der Waals surface area contributed by atoms with E-state index in [1.165, 1.54) is 0 Å². The summed E-state index contributed by atoms with van der Waals surface area (Å²) in [7, 11) is 1.97. The number of anilines is 1. The predicted molar refractivity (Wildman–Crippen MR) is 127 cm³/mol. The number of carbonyl (C=O) groups is 1. The van der Waals surface area contributed by atoms with Gasteiger partial charge in [-0.2, -0.15) is 0 Å². The van der Waals surface area contributed by atoms with Gasteiger partial charge in [0.15, 0.2) is 0 Å². The van der Waals surface area contributed by atoms with Gasteiger partial charge in [0.25, 0.3) is 5.91 Å². The smallest absolute Gasteiger partial charge is 0.251 e. The molecule has 7 heteroatoms. The molecule has 0 atom stereocenters. The lowest BCUT2D eigenvalue weighted by molar-refractivity contribution is 0.0951. The Morgan fingerprint density at radius 2 is 1.91 bits per heavy atom. The van der Waals surface area contributed by atoms with Crippen LogP contribution in [0.2, 0.25) is 0 Å². The number of hydrogen-bond acceptors (Lipinski definition) is 5. The fourth-order valence-corrected chi connectivity index (χ4v) is 3.56. The highest BCUT2D eigenvalue weighted by Gasteiger charge is 2.25. The summed E-state index contributed by atoms with van der Waals surface area (Å²) in [5, 5.41) is 16.1. The molecule has 3 aromatic rings. The molecule has 168 valence electrons. The molecule has 0 spiro atoms. The molecule has 0 radical (unpaired) electrons. The second-order valence-electron chi connectivity index (χ2n) is 9.35. The number of aryl methyl sites for hydroxylation is 2. The van der Waals surface area contributed by atoms with Crippen LogP contribution in [0.4, 0.5) is 5.82 Å². The third-order valence-corrected chi connectivity index (χ3v) is 5.92. The number of imidazole rings is 1. The van der Waals surface area contributed by atoms with Crippen molar-refractivity contribution in [3.63, 3.8) is 0 Å². The van der Waals surface area contributed by atoms with Gasteiger partial charge in [-0.25, -0.2) is 9.97 Å². The number of pyridine rings is 1. The Morgan fingerprint density at radius 1 is 1.16 bits per heavy atom. The van der Waals surface area contributed by atoms with E-state index in [0.29, 0.717) is 17.4 Å². The molecule has 0 aliphatic heterocycles. The Bertz CT molecular complexity index is 1160. The SMILES string of the molecule is Cc1ccc(C(=O)NC2CC2)cc1-c1cnc(NC(C)(C)CO)c(-c2ncc(C)n2C)c1. The topological polar surface area (TPSA) is 92.1 Å². The molecule has 2 aromatic heterocycles. The van der Waals surface area contributed by atoms with Gasteiger partial charge < -0.3 is 20.3 Å². The first-order chi connectivity index (χ1) is 15.2. The zero-order valence-electron chi connectivity index (χ0n) is 19.4. The molecule has 32 heavy (non-hydrogen) atoms. The summed E-state index contributed by atoms with van der Waals surface area (Å²) in [6, 6.07) is 8.14. The van der Waals surface area contributed by atoms with Gasteiger partial charge in [-0.1, -0.05) is 6.07 Å². The van der Waals surface area contributed by atoms with Gasteiger partial charge in [0.1, 0.15) is 11.6 Å². The zero-order chi connectivity index (χ0) is 23.0. The summed E-state index contributed by atoms with van der Waals surface area (Å²) >= 11 is 0. The van der Waals surface area contributed by atoms with Gasteiger partial charge in [-0.05, 0) is 69.9 Å². The van der Waals surface area contributed by atoms with Crippen molar-refractivity contribution < 1.29 is 9.90 Å². The predicted octanol–water partition coefficient (Wildman–Crippen LogP) is 3.84. The highest BCUT2D eigenvalue weighted by molar-refractivity contribution is 5.96. The molecule has 0 bridgehead atoms. The molecule has 3 N–H and O–H groups in total. The van der Waals surface area contributed by atoms with Crippen molar-refractivity contribution in [2.45, 2.75) is 52.1 Å². The van der Waals surface area contributed by atoms with E-state index < -0.39 is 5.54 Å². The average molecular weight is 434 g/mol. The Balaban J connectivity index is 1.79. The second kappa shape index (κ2) is 8.39. The summed E-state index contributed by atoms with van der Waals surface area (Å²) in [6.45, 7) is 7.84.